The van der Waals surface area contributed by atoms with E-state index in [2.05, 4.69) is 4.90 Å². The van der Waals surface area contributed by atoms with E-state index in [9.17, 15) is 9.59 Å². The molecule has 3 rings (SSSR count). The molecule has 1 unspecified atom stereocenters. The summed E-state index contributed by atoms with van der Waals surface area (Å²) in [6.07, 6.45) is 0.284. The van der Waals surface area contributed by atoms with Crippen LogP contribution in [0.4, 0.5) is 5.69 Å². The van der Waals surface area contributed by atoms with Gasteiger partial charge >= 0.3 is 0 Å². The zero-order valence-electron chi connectivity index (χ0n) is 10.9. The number of imide groups is 1. The zero-order valence-corrected chi connectivity index (χ0v) is 12.5. The zero-order chi connectivity index (χ0) is 14.1. The molecule has 1 aromatic carbocycles. The highest BCUT2D eigenvalue weighted by atomic mass is 35.5. The van der Waals surface area contributed by atoms with Gasteiger partial charge in [-0.2, -0.15) is 11.8 Å². The van der Waals surface area contributed by atoms with Crippen LogP contribution in [0.25, 0.3) is 0 Å². The van der Waals surface area contributed by atoms with E-state index in [0.29, 0.717) is 10.7 Å². The lowest BCUT2D eigenvalue weighted by Gasteiger charge is -2.30. The van der Waals surface area contributed by atoms with Gasteiger partial charge in [-0.15, -0.1) is 0 Å². The van der Waals surface area contributed by atoms with Crippen LogP contribution in [-0.2, 0) is 9.59 Å². The molecule has 2 saturated heterocycles. The minimum absolute atomic E-state index is 0.107. The highest BCUT2D eigenvalue weighted by Crippen LogP contribution is 2.27. The molecular formula is C14H15ClN2O2S. The Morgan fingerprint density at radius 2 is 1.75 bits per heavy atom. The molecule has 0 aliphatic carbocycles. The molecule has 2 fully saturated rings. The number of nitrogens with zero attached hydrogens (tertiary/aromatic N) is 2. The van der Waals surface area contributed by atoms with Gasteiger partial charge in [0.2, 0.25) is 5.91 Å². The standard InChI is InChI=1S/C14H15ClN2O2S/c15-10-1-3-11(4-2-10)17-13(18)9-12(14(17)19)16-5-7-20-8-6-16/h1-4,12H,5-9H2. The molecule has 0 aromatic heterocycles. The first-order chi connectivity index (χ1) is 9.66. The molecule has 106 valence electrons. The van der Waals surface area contributed by atoms with Crippen molar-refractivity contribution in [3.63, 3.8) is 0 Å². The second-order valence-electron chi connectivity index (χ2n) is 4.91. The van der Waals surface area contributed by atoms with Gasteiger partial charge in [0.1, 0.15) is 0 Å². The second kappa shape index (κ2) is 5.76. The van der Waals surface area contributed by atoms with Crippen molar-refractivity contribution in [3.8, 4) is 0 Å². The molecule has 0 saturated carbocycles. The first-order valence-electron chi connectivity index (χ1n) is 6.61. The Morgan fingerprint density at radius 3 is 2.40 bits per heavy atom. The fraction of sp³-hybridized carbons (Fsp3) is 0.429. The van der Waals surface area contributed by atoms with Crippen molar-refractivity contribution in [1.82, 2.24) is 4.90 Å². The molecule has 2 heterocycles. The number of carbonyl (C=O) groups is 2. The monoisotopic (exact) mass is 310 g/mol. The Kier molecular flexibility index (Phi) is 4.01. The molecule has 1 atom stereocenters. The van der Waals surface area contributed by atoms with Crippen LogP contribution < -0.4 is 4.90 Å². The van der Waals surface area contributed by atoms with Gasteiger partial charge in [0.25, 0.3) is 5.91 Å². The molecule has 2 aliphatic rings. The predicted octanol–water partition coefficient (Wildman–Crippen LogP) is 2.02. The summed E-state index contributed by atoms with van der Waals surface area (Å²) in [4.78, 5) is 28.1. The Hall–Kier alpha value is -1.04. The third kappa shape index (κ3) is 2.57. The number of hydrogen-bond donors (Lipinski definition) is 0. The van der Waals surface area contributed by atoms with Gasteiger partial charge in [-0.1, -0.05) is 11.6 Å². The quantitative estimate of drug-likeness (QED) is 0.784. The molecule has 1 aromatic rings. The van der Waals surface area contributed by atoms with Crippen molar-refractivity contribution in [2.24, 2.45) is 0 Å². The fourth-order valence-electron chi connectivity index (χ4n) is 2.65. The van der Waals surface area contributed by atoms with Crippen molar-refractivity contribution in [1.29, 1.82) is 0 Å². The van der Waals surface area contributed by atoms with E-state index in [1.807, 2.05) is 11.8 Å². The Morgan fingerprint density at radius 1 is 1.10 bits per heavy atom. The van der Waals surface area contributed by atoms with Gasteiger partial charge in [-0.25, -0.2) is 4.90 Å². The summed E-state index contributed by atoms with van der Waals surface area (Å²) >= 11 is 7.73. The van der Waals surface area contributed by atoms with E-state index in [-0.39, 0.29) is 24.3 Å². The van der Waals surface area contributed by atoms with Crippen LogP contribution in [0, 0.1) is 0 Å². The van der Waals surface area contributed by atoms with Crippen LogP contribution in [0.5, 0.6) is 0 Å². The number of thioether (sulfide) groups is 1. The fourth-order valence-corrected chi connectivity index (χ4v) is 3.71. The van der Waals surface area contributed by atoms with Crippen LogP contribution in [0.2, 0.25) is 5.02 Å². The molecule has 6 heteroatoms. The lowest BCUT2D eigenvalue weighted by Crippen LogP contribution is -2.45. The molecule has 0 radical (unpaired) electrons. The third-order valence-electron chi connectivity index (χ3n) is 3.69. The van der Waals surface area contributed by atoms with Crippen LogP contribution in [0.15, 0.2) is 24.3 Å². The summed E-state index contributed by atoms with van der Waals surface area (Å²) in [5, 5.41) is 0.595. The van der Waals surface area contributed by atoms with E-state index in [0.717, 1.165) is 24.6 Å². The maximum Gasteiger partial charge on any atom is 0.251 e. The van der Waals surface area contributed by atoms with E-state index in [1.165, 1.54) is 4.90 Å². The van der Waals surface area contributed by atoms with E-state index >= 15 is 0 Å². The maximum absolute atomic E-state index is 12.5. The van der Waals surface area contributed by atoms with Gasteiger partial charge < -0.3 is 0 Å². The van der Waals surface area contributed by atoms with Crippen LogP contribution in [-0.4, -0.2) is 47.4 Å². The summed E-state index contributed by atoms with van der Waals surface area (Å²) < 4.78 is 0. The molecule has 0 spiro atoms. The summed E-state index contributed by atoms with van der Waals surface area (Å²) in [5.41, 5.74) is 0.610. The van der Waals surface area contributed by atoms with Gasteiger partial charge in [-0.3, -0.25) is 14.5 Å². The lowest BCUT2D eigenvalue weighted by atomic mass is 10.2. The van der Waals surface area contributed by atoms with Crippen LogP contribution in [0.1, 0.15) is 6.42 Å². The summed E-state index contributed by atoms with van der Waals surface area (Å²) in [5.74, 6) is 1.82. The maximum atomic E-state index is 12.5. The number of hydrogen-bond acceptors (Lipinski definition) is 4. The molecular weight excluding hydrogens is 296 g/mol. The number of carbonyl (C=O) groups excluding carboxylic acids is 2. The molecule has 0 N–H and O–H groups in total. The average Bonchev–Trinajstić information content (AvgIpc) is 2.76. The largest absolute Gasteiger partial charge is 0.290 e. The lowest BCUT2D eigenvalue weighted by molar-refractivity contribution is -0.122. The molecule has 0 bridgehead atoms. The SMILES string of the molecule is O=C1CC(N2CCSCC2)C(=O)N1c1ccc(Cl)cc1. The van der Waals surface area contributed by atoms with Crippen molar-refractivity contribution in [3.05, 3.63) is 29.3 Å². The number of halogens is 1. The highest BCUT2D eigenvalue weighted by Gasteiger charge is 2.42. The average molecular weight is 311 g/mol. The summed E-state index contributed by atoms with van der Waals surface area (Å²) in [7, 11) is 0. The normalized spacial score (nSPS) is 24.4. The van der Waals surface area contributed by atoms with Crippen molar-refractivity contribution >= 4 is 40.9 Å². The third-order valence-corrected chi connectivity index (χ3v) is 4.89. The topological polar surface area (TPSA) is 40.6 Å². The summed E-state index contributed by atoms with van der Waals surface area (Å²) in [6.45, 7) is 1.76. The van der Waals surface area contributed by atoms with Crippen LogP contribution in [0.3, 0.4) is 0 Å². The number of benzene rings is 1. The second-order valence-corrected chi connectivity index (χ2v) is 6.57. The number of amides is 2. The number of anilines is 1. The van der Waals surface area contributed by atoms with E-state index in [4.69, 9.17) is 11.6 Å². The molecule has 4 nitrogen and oxygen atoms in total. The van der Waals surface area contributed by atoms with E-state index in [1.54, 1.807) is 24.3 Å². The predicted molar refractivity (Wildman–Crippen MR) is 81.2 cm³/mol. The minimum atomic E-state index is -0.293. The van der Waals surface area contributed by atoms with Crippen molar-refractivity contribution < 1.29 is 9.59 Å². The Labute approximate surface area is 127 Å². The first-order valence-corrected chi connectivity index (χ1v) is 8.14. The van der Waals surface area contributed by atoms with Gasteiger partial charge in [0, 0.05) is 29.6 Å². The molecule has 20 heavy (non-hydrogen) atoms. The van der Waals surface area contributed by atoms with E-state index < -0.39 is 0 Å². The smallest absolute Gasteiger partial charge is 0.251 e. The Balaban J connectivity index is 1.81. The van der Waals surface area contributed by atoms with Crippen molar-refractivity contribution in [2.45, 2.75) is 12.5 Å². The molecule has 2 aliphatic heterocycles. The van der Waals surface area contributed by atoms with Gasteiger partial charge in [0.05, 0.1) is 18.2 Å². The number of rotatable bonds is 2. The highest BCUT2D eigenvalue weighted by molar-refractivity contribution is 7.99. The first kappa shape index (κ1) is 13.9. The molecule has 2 amide bonds. The Bertz CT molecular complexity index is 528. The van der Waals surface area contributed by atoms with Crippen molar-refractivity contribution in [2.75, 3.05) is 29.5 Å². The summed E-state index contributed by atoms with van der Waals surface area (Å²) in [6, 6.07) is 6.53. The minimum Gasteiger partial charge on any atom is -0.290 e. The van der Waals surface area contributed by atoms with Crippen LogP contribution >= 0.6 is 23.4 Å². The van der Waals surface area contributed by atoms with Gasteiger partial charge in [0.15, 0.2) is 0 Å². The van der Waals surface area contributed by atoms with Gasteiger partial charge in [-0.05, 0) is 24.3 Å².